The van der Waals surface area contributed by atoms with Gasteiger partial charge in [0.25, 0.3) is 5.91 Å². The number of carbonyl (C=O) groups is 2. The highest BCUT2D eigenvalue weighted by Gasteiger charge is 2.12. The van der Waals surface area contributed by atoms with Crippen LogP contribution in [0.3, 0.4) is 0 Å². The monoisotopic (exact) mass is 409 g/mol. The van der Waals surface area contributed by atoms with Crippen LogP contribution in [-0.4, -0.2) is 18.5 Å². The second-order valence-electron chi connectivity index (χ2n) is 5.43. The molecule has 0 saturated heterocycles. The number of rotatable bonds is 8. The standard InChI is InChI=1S/C18H20BrNO3S/c1-13(14-7-9-15(19)10-8-14)20-17(21)12-23-18(22)6-2-4-16-5-3-11-24-16/h3,5,7-11,13H,2,4,6,12H2,1H3,(H,20,21)/t13-/m0/s1. The number of hydrogen-bond acceptors (Lipinski definition) is 4. The second-order valence-corrected chi connectivity index (χ2v) is 7.38. The van der Waals surface area contributed by atoms with Crippen LogP contribution in [0.1, 0.15) is 36.2 Å². The van der Waals surface area contributed by atoms with Crippen molar-refractivity contribution in [1.82, 2.24) is 5.32 Å². The Labute approximate surface area is 154 Å². The Balaban J connectivity index is 1.64. The molecule has 1 N–H and O–H groups in total. The fourth-order valence-corrected chi connectivity index (χ4v) is 3.21. The molecule has 1 atom stereocenters. The number of thiophene rings is 1. The van der Waals surface area contributed by atoms with E-state index in [4.69, 9.17) is 4.74 Å². The van der Waals surface area contributed by atoms with Gasteiger partial charge in [0, 0.05) is 15.8 Å². The van der Waals surface area contributed by atoms with Gasteiger partial charge in [-0.15, -0.1) is 11.3 Å². The van der Waals surface area contributed by atoms with E-state index in [1.807, 2.05) is 48.7 Å². The molecule has 24 heavy (non-hydrogen) atoms. The number of aryl methyl sites for hydroxylation is 1. The molecule has 128 valence electrons. The molecule has 1 aromatic heterocycles. The van der Waals surface area contributed by atoms with Crippen LogP contribution in [0.2, 0.25) is 0 Å². The molecule has 0 saturated carbocycles. The fourth-order valence-electron chi connectivity index (χ4n) is 2.20. The smallest absolute Gasteiger partial charge is 0.306 e. The highest BCUT2D eigenvalue weighted by molar-refractivity contribution is 9.10. The van der Waals surface area contributed by atoms with Crippen LogP contribution in [-0.2, 0) is 20.7 Å². The summed E-state index contributed by atoms with van der Waals surface area (Å²) in [6, 6.07) is 11.6. The van der Waals surface area contributed by atoms with Crippen molar-refractivity contribution in [3.8, 4) is 0 Å². The Morgan fingerprint density at radius 2 is 2.00 bits per heavy atom. The third-order valence-corrected chi connectivity index (χ3v) is 4.96. The Bertz CT molecular complexity index is 655. The van der Waals surface area contributed by atoms with Gasteiger partial charge in [-0.05, 0) is 48.9 Å². The van der Waals surface area contributed by atoms with Gasteiger partial charge in [0.2, 0.25) is 0 Å². The van der Waals surface area contributed by atoms with Gasteiger partial charge in [0.15, 0.2) is 6.61 Å². The minimum Gasteiger partial charge on any atom is -0.456 e. The third kappa shape index (κ3) is 6.45. The number of amides is 1. The Kier molecular flexibility index (Phi) is 7.46. The molecule has 0 aliphatic carbocycles. The summed E-state index contributed by atoms with van der Waals surface area (Å²) in [4.78, 5) is 24.8. The molecule has 0 bridgehead atoms. The Hall–Kier alpha value is -1.66. The molecule has 1 aromatic carbocycles. The largest absolute Gasteiger partial charge is 0.456 e. The van der Waals surface area contributed by atoms with E-state index in [1.54, 1.807) is 11.3 Å². The summed E-state index contributed by atoms with van der Waals surface area (Å²) in [6.45, 7) is 1.66. The molecular formula is C18H20BrNO3S. The van der Waals surface area contributed by atoms with Gasteiger partial charge in [-0.3, -0.25) is 9.59 Å². The molecule has 4 nitrogen and oxygen atoms in total. The minimum absolute atomic E-state index is 0.136. The summed E-state index contributed by atoms with van der Waals surface area (Å²) in [5.74, 6) is -0.630. The molecule has 1 heterocycles. The van der Waals surface area contributed by atoms with Gasteiger partial charge in [-0.25, -0.2) is 0 Å². The maximum Gasteiger partial charge on any atom is 0.306 e. The zero-order valence-corrected chi connectivity index (χ0v) is 15.9. The molecule has 6 heteroatoms. The highest BCUT2D eigenvalue weighted by Crippen LogP contribution is 2.16. The number of benzene rings is 1. The van der Waals surface area contributed by atoms with Gasteiger partial charge in [-0.1, -0.05) is 34.1 Å². The SMILES string of the molecule is C[C@H](NC(=O)COC(=O)CCCc1cccs1)c1ccc(Br)cc1. The van der Waals surface area contributed by atoms with E-state index in [0.29, 0.717) is 6.42 Å². The van der Waals surface area contributed by atoms with Crippen LogP contribution >= 0.6 is 27.3 Å². The third-order valence-electron chi connectivity index (χ3n) is 3.50. The summed E-state index contributed by atoms with van der Waals surface area (Å²) in [5, 5.41) is 4.84. The lowest BCUT2D eigenvalue weighted by Gasteiger charge is -2.14. The first-order valence-corrected chi connectivity index (χ1v) is 9.44. The van der Waals surface area contributed by atoms with Gasteiger partial charge < -0.3 is 10.1 Å². The van der Waals surface area contributed by atoms with Crippen LogP contribution in [0, 0.1) is 0 Å². The first-order valence-electron chi connectivity index (χ1n) is 7.77. The van der Waals surface area contributed by atoms with E-state index in [0.717, 1.165) is 22.9 Å². The lowest BCUT2D eigenvalue weighted by Crippen LogP contribution is -2.31. The second kappa shape index (κ2) is 9.59. The zero-order chi connectivity index (χ0) is 17.4. The predicted molar refractivity (Wildman–Crippen MR) is 98.9 cm³/mol. The number of hydrogen-bond donors (Lipinski definition) is 1. The molecule has 0 unspecified atom stereocenters. The maximum absolute atomic E-state index is 11.9. The van der Waals surface area contributed by atoms with E-state index in [2.05, 4.69) is 21.2 Å². The van der Waals surface area contributed by atoms with Crippen molar-refractivity contribution in [2.24, 2.45) is 0 Å². The molecule has 0 fully saturated rings. The highest BCUT2D eigenvalue weighted by atomic mass is 79.9. The first kappa shape index (κ1) is 18.7. The number of nitrogens with one attached hydrogen (secondary N) is 1. The minimum atomic E-state index is -0.335. The number of ether oxygens (including phenoxy) is 1. The van der Waals surface area contributed by atoms with Crippen molar-refractivity contribution >= 4 is 39.1 Å². The van der Waals surface area contributed by atoms with Crippen LogP contribution in [0.4, 0.5) is 0 Å². The number of carbonyl (C=O) groups excluding carboxylic acids is 2. The topological polar surface area (TPSA) is 55.4 Å². The van der Waals surface area contributed by atoms with Crippen molar-refractivity contribution in [2.75, 3.05) is 6.61 Å². The summed E-state index contributed by atoms with van der Waals surface area (Å²) in [5.41, 5.74) is 0.994. The van der Waals surface area contributed by atoms with E-state index in [9.17, 15) is 9.59 Å². The molecule has 0 aliphatic rings. The summed E-state index contributed by atoms with van der Waals surface area (Å²) in [7, 11) is 0. The maximum atomic E-state index is 11.9. The summed E-state index contributed by atoms with van der Waals surface area (Å²) < 4.78 is 6.01. The molecule has 1 amide bonds. The van der Waals surface area contributed by atoms with Crippen molar-refractivity contribution in [3.05, 3.63) is 56.7 Å². The Morgan fingerprint density at radius 3 is 2.67 bits per heavy atom. The Morgan fingerprint density at radius 1 is 1.25 bits per heavy atom. The molecule has 2 aromatic rings. The molecule has 0 aliphatic heterocycles. The lowest BCUT2D eigenvalue weighted by atomic mass is 10.1. The van der Waals surface area contributed by atoms with Gasteiger partial charge in [0.1, 0.15) is 0 Å². The molecular weight excluding hydrogens is 390 g/mol. The zero-order valence-electron chi connectivity index (χ0n) is 13.5. The average Bonchev–Trinajstić information content (AvgIpc) is 3.07. The number of esters is 1. The van der Waals surface area contributed by atoms with Crippen molar-refractivity contribution in [1.29, 1.82) is 0 Å². The predicted octanol–water partition coefficient (Wildman–Crippen LogP) is 4.25. The van der Waals surface area contributed by atoms with E-state index in [1.165, 1.54) is 4.88 Å². The van der Waals surface area contributed by atoms with E-state index >= 15 is 0 Å². The normalized spacial score (nSPS) is 11.8. The molecule has 0 spiro atoms. The molecule has 2 rings (SSSR count). The van der Waals surface area contributed by atoms with Gasteiger partial charge in [0.05, 0.1) is 6.04 Å². The van der Waals surface area contributed by atoms with Crippen LogP contribution < -0.4 is 5.32 Å². The average molecular weight is 410 g/mol. The quantitative estimate of drug-likeness (QED) is 0.662. The van der Waals surface area contributed by atoms with E-state index < -0.39 is 0 Å². The number of halogens is 1. The summed E-state index contributed by atoms with van der Waals surface area (Å²) >= 11 is 5.05. The van der Waals surface area contributed by atoms with Gasteiger partial charge >= 0.3 is 5.97 Å². The first-order chi connectivity index (χ1) is 11.5. The van der Waals surface area contributed by atoms with Crippen LogP contribution in [0.15, 0.2) is 46.3 Å². The summed E-state index contributed by atoms with van der Waals surface area (Å²) in [6.07, 6.45) is 1.92. The van der Waals surface area contributed by atoms with E-state index in [-0.39, 0.29) is 24.5 Å². The lowest BCUT2D eigenvalue weighted by molar-refractivity contribution is -0.148. The van der Waals surface area contributed by atoms with Gasteiger partial charge in [-0.2, -0.15) is 0 Å². The molecule has 0 radical (unpaired) electrons. The fraction of sp³-hybridized carbons (Fsp3) is 0.333. The van der Waals surface area contributed by atoms with Crippen molar-refractivity contribution in [3.63, 3.8) is 0 Å². The van der Waals surface area contributed by atoms with Crippen LogP contribution in [0.25, 0.3) is 0 Å². The van der Waals surface area contributed by atoms with Crippen molar-refractivity contribution < 1.29 is 14.3 Å². The van der Waals surface area contributed by atoms with Crippen molar-refractivity contribution in [2.45, 2.75) is 32.2 Å². The van der Waals surface area contributed by atoms with Crippen LogP contribution in [0.5, 0.6) is 0 Å².